The molecule has 1 aliphatic heterocycles. The van der Waals surface area contributed by atoms with Gasteiger partial charge in [0.2, 0.25) is 5.91 Å². The van der Waals surface area contributed by atoms with Crippen LogP contribution in [0.4, 0.5) is 0 Å². The van der Waals surface area contributed by atoms with Crippen molar-refractivity contribution in [3.63, 3.8) is 0 Å². The van der Waals surface area contributed by atoms with Crippen LogP contribution in [0.25, 0.3) is 10.9 Å². The van der Waals surface area contributed by atoms with E-state index >= 15 is 0 Å². The number of carbonyl (C=O) groups is 1. The first kappa shape index (κ1) is 17.6. The lowest BCUT2D eigenvalue weighted by Crippen LogP contribution is -2.56. The number of rotatable bonds is 4. The number of benzene rings is 1. The molecule has 1 fully saturated rings. The molecule has 1 amide bonds. The molecule has 0 saturated carbocycles. The summed E-state index contributed by atoms with van der Waals surface area (Å²) in [7, 11) is 4.21. The van der Waals surface area contributed by atoms with E-state index in [9.17, 15) is 4.79 Å². The van der Waals surface area contributed by atoms with Gasteiger partial charge in [0, 0.05) is 41.9 Å². The summed E-state index contributed by atoms with van der Waals surface area (Å²) < 4.78 is 5.53. The molecule has 0 spiro atoms. The standard InChI is InChI=1S/C21H29N3O2/c1-24(2)21(10-12-26-13-11-21)14-22-20(25)17-8-5-7-16-15-6-3-4-9-18(15)23-19(16)17/h3-4,6,9,17,23H,5,7-8,10-14H2,1-2H3,(H,22,25). The Kier molecular flexibility index (Phi) is 4.76. The third kappa shape index (κ3) is 3.03. The molecule has 0 radical (unpaired) electrons. The zero-order valence-corrected chi connectivity index (χ0v) is 15.8. The van der Waals surface area contributed by atoms with E-state index in [2.05, 4.69) is 47.5 Å². The number of para-hydroxylation sites is 1. The average molecular weight is 355 g/mol. The van der Waals surface area contributed by atoms with Crippen LogP contribution in [0.5, 0.6) is 0 Å². The Labute approximate surface area is 155 Å². The summed E-state index contributed by atoms with van der Waals surface area (Å²) in [5.41, 5.74) is 3.61. The minimum atomic E-state index is -0.0646. The van der Waals surface area contributed by atoms with Crippen molar-refractivity contribution in [1.29, 1.82) is 0 Å². The summed E-state index contributed by atoms with van der Waals surface area (Å²) in [5.74, 6) is 0.0930. The molecule has 1 unspecified atom stereocenters. The Hall–Kier alpha value is -1.85. The maximum atomic E-state index is 13.1. The number of aromatic nitrogens is 1. The molecule has 5 heteroatoms. The molecule has 4 rings (SSSR count). The second kappa shape index (κ2) is 7.05. The fourth-order valence-electron chi connectivity index (χ4n) is 4.59. The van der Waals surface area contributed by atoms with Gasteiger partial charge < -0.3 is 19.9 Å². The summed E-state index contributed by atoms with van der Waals surface area (Å²) in [6.45, 7) is 2.22. The van der Waals surface area contributed by atoms with Crippen LogP contribution in [-0.4, -0.2) is 55.2 Å². The van der Waals surface area contributed by atoms with Crippen molar-refractivity contribution >= 4 is 16.8 Å². The van der Waals surface area contributed by atoms with Crippen molar-refractivity contribution in [3.8, 4) is 0 Å². The monoisotopic (exact) mass is 355 g/mol. The van der Waals surface area contributed by atoms with Gasteiger partial charge in [-0.3, -0.25) is 4.79 Å². The third-order valence-electron chi connectivity index (χ3n) is 6.40. The molecule has 1 aromatic heterocycles. The highest BCUT2D eigenvalue weighted by atomic mass is 16.5. The van der Waals surface area contributed by atoms with Crippen LogP contribution in [0.15, 0.2) is 24.3 Å². The smallest absolute Gasteiger partial charge is 0.229 e. The van der Waals surface area contributed by atoms with Crippen molar-refractivity contribution in [2.24, 2.45) is 0 Å². The van der Waals surface area contributed by atoms with Crippen LogP contribution in [-0.2, 0) is 16.0 Å². The highest BCUT2D eigenvalue weighted by Gasteiger charge is 2.36. The summed E-state index contributed by atoms with van der Waals surface area (Å²) in [6.07, 6.45) is 4.97. The number of ether oxygens (including phenoxy) is 1. The topological polar surface area (TPSA) is 57.4 Å². The summed E-state index contributed by atoms with van der Waals surface area (Å²) in [4.78, 5) is 18.8. The van der Waals surface area contributed by atoms with Gasteiger partial charge in [-0.15, -0.1) is 0 Å². The van der Waals surface area contributed by atoms with Gasteiger partial charge in [0.05, 0.1) is 5.92 Å². The normalized spacial score (nSPS) is 22.3. The molecule has 2 aliphatic rings. The maximum Gasteiger partial charge on any atom is 0.229 e. The Morgan fingerprint density at radius 3 is 2.85 bits per heavy atom. The second-order valence-electron chi connectivity index (χ2n) is 7.96. The summed E-state index contributed by atoms with van der Waals surface area (Å²) >= 11 is 0. The molecule has 1 atom stereocenters. The summed E-state index contributed by atoms with van der Waals surface area (Å²) in [6, 6.07) is 8.39. The van der Waals surface area contributed by atoms with E-state index in [0.29, 0.717) is 6.54 Å². The highest BCUT2D eigenvalue weighted by molar-refractivity contribution is 5.90. The van der Waals surface area contributed by atoms with Gasteiger partial charge in [-0.2, -0.15) is 0 Å². The van der Waals surface area contributed by atoms with Crippen LogP contribution < -0.4 is 5.32 Å². The third-order valence-corrected chi connectivity index (χ3v) is 6.40. The molecule has 1 saturated heterocycles. The number of likely N-dealkylation sites (N-methyl/N-ethyl adjacent to an activating group) is 1. The number of nitrogens with one attached hydrogen (secondary N) is 2. The zero-order valence-electron chi connectivity index (χ0n) is 15.8. The van der Waals surface area contributed by atoms with Crippen molar-refractivity contribution < 1.29 is 9.53 Å². The first-order valence-corrected chi connectivity index (χ1v) is 9.73. The highest BCUT2D eigenvalue weighted by Crippen LogP contribution is 2.36. The molecule has 140 valence electrons. The van der Waals surface area contributed by atoms with Crippen molar-refractivity contribution in [1.82, 2.24) is 15.2 Å². The Bertz CT molecular complexity index is 790. The predicted octanol–water partition coefficient (Wildman–Crippen LogP) is 2.81. The lowest BCUT2D eigenvalue weighted by Gasteiger charge is -2.43. The molecule has 2 heterocycles. The molecule has 1 aliphatic carbocycles. The number of aromatic amines is 1. The van der Waals surface area contributed by atoms with Crippen LogP contribution >= 0.6 is 0 Å². The fraction of sp³-hybridized carbons (Fsp3) is 0.571. The second-order valence-corrected chi connectivity index (χ2v) is 7.96. The number of amides is 1. The van der Waals surface area contributed by atoms with Crippen molar-refractivity contribution in [2.45, 2.75) is 43.6 Å². The van der Waals surface area contributed by atoms with Crippen LogP contribution in [0.3, 0.4) is 0 Å². The van der Waals surface area contributed by atoms with E-state index < -0.39 is 0 Å². The lowest BCUT2D eigenvalue weighted by molar-refractivity contribution is -0.124. The SMILES string of the molecule is CN(C)C1(CNC(=O)C2CCCc3c2[nH]c2ccccc32)CCOCC1. The largest absolute Gasteiger partial charge is 0.381 e. The number of aryl methyl sites for hydroxylation is 1. The van der Waals surface area contributed by atoms with Gasteiger partial charge in [0.25, 0.3) is 0 Å². The minimum Gasteiger partial charge on any atom is -0.381 e. The molecule has 26 heavy (non-hydrogen) atoms. The molecule has 1 aromatic carbocycles. The van der Waals surface area contributed by atoms with Gasteiger partial charge in [0.15, 0.2) is 0 Å². The van der Waals surface area contributed by atoms with E-state index in [-0.39, 0.29) is 17.4 Å². The lowest BCUT2D eigenvalue weighted by atomic mass is 9.85. The number of fused-ring (bicyclic) bond motifs is 3. The first-order chi connectivity index (χ1) is 12.6. The Balaban J connectivity index is 1.53. The van der Waals surface area contributed by atoms with Gasteiger partial charge in [-0.05, 0) is 57.8 Å². The number of hydrogen-bond acceptors (Lipinski definition) is 3. The van der Waals surface area contributed by atoms with E-state index in [1.54, 1.807) is 0 Å². The van der Waals surface area contributed by atoms with Gasteiger partial charge in [-0.25, -0.2) is 0 Å². The fourth-order valence-corrected chi connectivity index (χ4v) is 4.59. The summed E-state index contributed by atoms with van der Waals surface area (Å²) in [5, 5.41) is 4.55. The van der Waals surface area contributed by atoms with Crippen molar-refractivity contribution in [2.75, 3.05) is 33.9 Å². The Morgan fingerprint density at radius 2 is 2.08 bits per heavy atom. The number of H-pyrrole nitrogens is 1. The minimum absolute atomic E-state index is 0.00581. The van der Waals surface area contributed by atoms with E-state index in [1.165, 1.54) is 10.9 Å². The number of nitrogens with zero attached hydrogens (tertiary/aromatic N) is 1. The van der Waals surface area contributed by atoms with Crippen molar-refractivity contribution in [3.05, 3.63) is 35.5 Å². The van der Waals surface area contributed by atoms with E-state index in [4.69, 9.17) is 4.74 Å². The predicted molar refractivity (Wildman–Crippen MR) is 103 cm³/mol. The maximum absolute atomic E-state index is 13.1. The molecular formula is C21H29N3O2. The molecule has 5 nitrogen and oxygen atoms in total. The van der Waals surface area contributed by atoms with E-state index in [1.807, 2.05) is 6.07 Å². The van der Waals surface area contributed by atoms with Crippen LogP contribution in [0, 0.1) is 0 Å². The molecule has 2 aromatic rings. The van der Waals surface area contributed by atoms with Gasteiger partial charge >= 0.3 is 0 Å². The molecular weight excluding hydrogens is 326 g/mol. The van der Waals surface area contributed by atoms with E-state index in [0.717, 1.165) is 56.5 Å². The zero-order chi connectivity index (χ0) is 18.1. The molecule has 0 bridgehead atoms. The average Bonchev–Trinajstić information content (AvgIpc) is 3.05. The number of carbonyl (C=O) groups excluding carboxylic acids is 1. The first-order valence-electron chi connectivity index (χ1n) is 9.73. The van der Waals surface area contributed by atoms with Crippen LogP contribution in [0.1, 0.15) is 42.9 Å². The van der Waals surface area contributed by atoms with Gasteiger partial charge in [-0.1, -0.05) is 18.2 Å². The van der Waals surface area contributed by atoms with Crippen LogP contribution in [0.2, 0.25) is 0 Å². The van der Waals surface area contributed by atoms with Gasteiger partial charge in [0.1, 0.15) is 0 Å². The number of hydrogen-bond donors (Lipinski definition) is 2. The quantitative estimate of drug-likeness (QED) is 0.887. The Morgan fingerprint density at radius 1 is 1.31 bits per heavy atom. The molecule has 2 N–H and O–H groups in total.